The number of aryl methyl sites for hydroxylation is 1. The SMILES string of the molecule is COCCN1CCC[C@@](O)(CN2CCN(c3cc(C)nc(N)n3)CC2)C1=O. The average Bonchev–Trinajstić information content (AvgIpc) is 2.63. The van der Waals surface area contributed by atoms with Crippen molar-refractivity contribution in [3.05, 3.63) is 11.8 Å². The van der Waals surface area contributed by atoms with Gasteiger partial charge in [0.15, 0.2) is 5.60 Å². The van der Waals surface area contributed by atoms with E-state index in [-0.39, 0.29) is 11.9 Å². The van der Waals surface area contributed by atoms with E-state index < -0.39 is 5.60 Å². The van der Waals surface area contributed by atoms with Crippen LogP contribution in [-0.4, -0.2) is 95.9 Å². The molecule has 2 aliphatic rings. The molecule has 1 amide bonds. The highest BCUT2D eigenvalue weighted by molar-refractivity contribution is 5.86. The van der Waals surface area contributed by atoms with E-state index in [1.165, 1.54) is 0 Å². The molecule has 3 heterocycles. The molecule has 1 aromatic heterocycles. The predicted molar refractivity (Wildman–Crippen MR) is 102 cm³/mol. The van der Waals surface area contributed by atoms with Crippen molar-refractivity contribution in [1.29, 1.82) is 0 Å². The number of hydrogen-bond acceptors (Lipinski definition) is 8. The number of rotatable bonds is 6. The number of methoxy groups -OCH3 is 1. The molecule has 1 atom stereocenters. The third kappa shape index (κ3) is 4.66. The summed E-state index contributed by atoms with van der Waals surface area (Å²) in [6.45, 7) is 7.04. The van der Waals surface area contributed by atoms with Crippen LogP contribution in [0, 0.1) is 6.92 Å². The summed E-state index contributed by atoms with van der Waals surface area (Å²) in [5.41, 5.74) is 5.30. The number of piperidine rings is 1. The van der Waals surface area contributed by atoms with Crippen molar-refractivity contribution in [3.63, 3.8) is 0 Å². The smallest absolute Gasteiger partial charge is 0.255 e. The predicted octanol–water partition coefficient (Wildman–Crippen LogP) is -0.511. The number of nitrogens with zero attached hydrogens (tertiary/aromatic N) is 5. The number of aromatic nitrogens is 2. The normalized spacial score (nSPS) is 24.5. The van der Waals surface area contributed by atoms with Gasteiger partial charge in [-0.2, -0.15) is 4.98 Å². The molecule has 150 valence electrons. The van der Waals surface area contributed by atoms with Gasteiger partial charge in [0, 0.05) is 64.7 Å². The monoisotopic (exact) mass is 378 g/mol. The molecule has 0 aromatic carbocycles. The van der Waals surface area contributed by atoms with Crippen molar-refractivity contribution in [3.8, 4) is 0 Å². The molecule has 0 saturated carbocycles. The largest absolute Gasteiger partial charge is 0.383 e. The van der Waals surface area contributed by atoms with E-state index in [1.807, 2.05) is 13.0 Å². The second-order valence-corrected chi connectivity index (χ2v) is 7.41. The summed E-state index contributed by atoms with van der Waals surface area (Å²) in [5, 5.41) is 11.0. The molecule has 2 aliphatic heterocycles. The van der Waals surface area contributed by atoms with Gasteiger partial charge in [0.25, 0.3) is 5.91 Å². The Morgan fingerprint density at radius 2 is 2.00 bits per heavy atom. The number of likely N-dealkylation sites (tertiary alicyclic amines) is 1. The Kier molecular flexibility index (Phi) is 6.13. The van der Waals surface area contributed by atoms with E-state index in [0.29, 0.717) is 32.7 Å². The van der Waals surface area contributed by atoms with Crippen molar-refractivity contribution in [2.45, 2.75) is 25.4 Å². The highest BCUT2D eigenvalue weighted by atomic mass is 16.5. The molecule has 2 fully saturated rings. The molecular formula is C18H30N6O3. The summed E-state index contributed by atoms with van der Waals surface area (Å²) in [7, 11) is 1.62. The van der Waals surface area contributed by atoms with Gasteiger partial charge in [-0.1, -0.05) is 0 Å². The maximum absolute atomic E-state index is 12.7. The standard InChI is InChI=1S/C18H30N6O3/c1-14-12-15(21-17(19)20-14)23-8-6-22(7-9-23)13-18(26)4-3-5-24(16(18)25)10-11-27-2/h12,26H,3-11,13H2,1-2H3,(H2,19,20,21)/t18-/m1/s1. The number of amides is 1. The number of β-amino-alcohol motifs (C(OH)–C–C–N with tert-alkyl or cyclic N) is 1. The third-order valence-corrected chi connectivity index (χ3v) is 5.31. The summed E-state index contributed by atoms with van der Waals surface area (Å²) in [6, 6.07) is 1.93. The minimum Gasteiger partial charge on any atom is -0.383 e. The number of nitrogen functional groups attached to an aromatic ring is 1. The first-order valence-corrected chi connectivity index (χ1v) is 9.50. The van der Waals surface area contributed by atoms with Gasteiger partial charge in [0.05, 0.1) is 6.61 Å². The summed E-state index contributed by atoms with van der Waals surface area (Å²) in [4.78, 5) is 27.2. The topological polar surface area (TPSA) is 108 Å². The summed E-state index contributed by atoms with van der Waals surface area (Å²) in [6.07, 6.45) is 1.32. The number of nitrogens with two attached hydrogens (primary N) is 1. The van der Waals surface area contributed by atoms with Crippen molar-refractivity contribution in [1.82, 2.24) is 19.8 Å². The van der Waals surface area contributed by atoms with E-state index in [9.17, 15) is 9.90 Å². The second kappa shape index (κ2) is 8.37. The van der Waals surface area contributed by atoms with Gasteiger partial charge in [0.1, 0.15) is 5.82 Å². The molecule has 3 N–H and O–H groups in total. The third-order valence-electron chi connectivity index (χ3n) is 5.31. The fourth-order valence-electron chi connectivity index (χ4n) is 3.87. The van der Waals surface area contributed by atoms with E-state index >= 15 is 0 Å². The molecule has 3 rings (SSSR count). The van der Waals surface area contributed by atoms with Crippen molar-refractivity contribution < 1.29 is 14.6 Å². The van der Waals surface area contributed by atoms with Gasteiger partial charge in [-0.15, -0.1) is 0 Å². The minimum atomic E-state index is -1.30. The van der Waals surface area contributed by atoms with E-state index in [0.717, 1.165) is 44.1 Å². The lowest BCUT2D eigenvalue weighted by Crippen LogP contribution is -2.61. The van der Waals surface area contributed by atoms with Crippen molar-refractivity contribution in [2.24, 2.45) is 0 Å². The lowest BCUT2D eigenvalue weighted by Gasteiger charge is -2.43. The van der Waals surface area contributed by atoms with Gasteiger partial charge < -0.3 is 25.4 Å². The molecule has 27 heavy (non-hydrogen) atoms. The molecule has 0 unspecified atom stereocenters. The van der Waals surface area contributed by atoms with Crippen LogP contribution in [0.25, 0.3) is 0 Å². The zero-order valence-corrected chi connectivity index (χ0v) is 16.2. The van der Waals surface area contributed by atoms with Gasteiger partial charge >= 0.3 is 0 Å². The first-order chi connectivity index (χ1) is 12.9. The van der Waals surface area contributed by atoms with Crippen LogP contribution in [0.4, 0.5) is 11.8 Å². The first-order valence-electron chi connectivity index (χ1n) is 9.50. The molecule has 1 aromatic rings. The first kappa shape index (κ1) is 19.8. The number of piperazine rings is 1. The molecule has 0 aliphatic carbocycles. The maximum atomic E-state index is 12.7. The molecule has 9 nitrogen and oxygen atoms in total. The Bertz CT molecular complexity index is 644. The Morgan fingerprint density at radius 3 is 2.67 bits per heavy atom. The van der Waals surface area contributed by atoms with Crippen LogP contribution in [0.3, 0.4) is 0 Å². The van der Waals surface area contributed by atoms with E-state index in [2.05, 4.69) is 19.8 Å². The van der Waals surface area contributed by atoms with Crippen LogP contribution < -0.4 is 10.6 Å². The molecule has 0 bridgehead atoms. The van der Waals surface area contributed by atoms with Crippen LogP contribution in [0.1, 0.15) is 18.5 Å². The lowest BCUT2D eigenvalue weighted by atomic mass is 9.91. The quantitative estimate of drug-likeness (QED) is 0.681. The highest BCUT2D eigenvalue weighted by Gasteiger charge is 2.43. The van der Waals surface area contributed by atoms with E-state index in [4.69, 9.17) is 10.5 Å². The minimum absolute atomic E-state index is 0.174. The van der Waals surface area contributed by atoms with Gasteiger partial charge in [0.2, 0.25) is 5.95 Å². The number of carbonyl (C=O) groups excluding carboxylic acids is 1. The molecule has 0 radical (unpaired) electrons. The maximum Gasteiger partial charge on any atom is 0.255 e. The van der Waals surface area contributed by atoms with Crippen LogP contribution in [-0.2, 0) is 9.53 Å². The molecule has 0 spiro atoms. The van der Waals surface area contributed by atoms with Crippen LogP contribution in [0.5, 0.6) is 0 Å². The second-order valence-electron chi connectivity index (χ2n) is 7.41. The lowest BCUT2D eigenvalue weighted by molar-refractivity contribution is -0.160. The summed E-state index contributed by atoms with van der Waals surface area (Å²) >= 11 is 0. The highest BCUT2D eigenvalue weighted by Crippen LogP contribution is 2.25. The summed E-state index contributed by atoms with van der Waals surface area (Å²) in [5.74, 6) is 0.941. The Balaban J connectivity index is 1.57. The van der Waals surface area contributed by atoms with Gasteiger partial charge in [-0.05, 0) is 19.8 Å². The number of aliphatic hydroxyl groups is 1. The van der Waals surface area contributed by atoms with Crippen LogP contribution in [0.2, 0.25) is 0 Å². The zero-order valence-electron chi connectivity index (χ0n) is 16.2. The van der Waals surface area contributed by atoms with Crippen molar-refractivity contribution in [2.75, 3.05) is 70.2 Å². The number of carbonyl (C=O) groups is 1. The van der Waals surface area contributed by atoms with Crippen LogP contribution >= 0.6 is 0 Å². The summed E-state index contributed by atoms with van der Waals surface area (Å²) < 4.78 is 5.07. The fourth-order valence-corrected chi connectivity index (χ4v) is 3.87. The van der Waals surface area contributed by atoms with E-state index in [1.54, 1.807) is 12.0 Å². The zero-order chi connectivity index (χ0) is 19.4. The molecule has 2 saturated heterocycles. The fraction of sp³-hybridized carbons (Fsp3) is 0.722. The number of anilines is 2. The van der Waals surface area contributed by atoms with Gasteiger partial charge in [-0.25, -0.2) is 4.98 Å². The van der Waals surface area contributed by atoms with Crippen molar-refractivity contribution >= 4 is 17.7 Å². The number of hydrogen-bond donors (Lipinski definition) is 2. The van der Waals surface area contributed by atoms with Crippen LogP contribution in [0.15, 0.2) is 6.07 Å². The Hall–Kier alpha value is -1.97. The average molecular weight is 378 g/mol. The molecule has 9 heteroatoms. The van der Waals surface area contributed by atoms with Gasteiger partial charge in [-0.3, -0.25) is 9.69 Å². The molecular weight excluding hydrogens is 348 g/mol. The Morgan fingerprint density at radius 1 is 1.26 bits per heavy atom. The number of ether oxygens (including phenoxy) is 1. The Labute approximate surface area is 160 Å².